The normalized spacial score (nSPS) is 13.5. The summed E-state index contributed by atoms with van der Waals surface area (Å²) in [6.07, 6.45) is 0.645. The maximum Gasteiger partial charge on any atom is 0.175 e. The smallest absolute Gasteiger partial charge is 0.175 e. The molecule has 0 aromatic heterocycles. The Labute approximate surface area is 108 Å². The summed E-state index contributed by atoms with van der Waals surface area (Å²) in [6.45, 7) is 1.30. The van der Waals surface area contributed by atoms with Gasteiger partial charge >= 0.3 is 0 Å². The highest BCUT2D eigenvalue weighted by molar-refractivity contribution is 7.90. The second-order valence-electron chi connectivity index (χ2n) is 4.16. The predicted molar refractivity (Wildman–Crippen MR) is 69.1 cm³/mol. The van der Waals surface area contributed by atoms with Crippen molar-refractivity contribution in [2.75, 3.05) is 26.5 Å². The van der Waals surface area contributed by atoms with Gasteiger partial charge in [-0.25, -0.2) is 8.42 Å². The SMILES string of the molecule is COCC(O)CNCc1ccc(S(C)(=O)=O)cc1. The number of aliphatic hydroxyl groups excluding tert-OH is 1. The van der Waals surface area contributed by atoms with Crippen molar-refractivity contribution in [3.05, 3.63) is 29.8 Å². The molecule has 0 saturated carbocycles. The Morgan fingerprint density at radius 2 is 1.94 bits per heavy atom. The van der Waals surface area contributed by atoms with Gasteiger partial charge in [-0.3, -0.25) is 0 Å². The van der Waals surface area contributed by atoms with Crippen LogP contribution in [0.1, 0.15) is 5.56 Å². The Balaban J connectivity index is 2.45. The molecule has 0 saturated heterocycles. The van der Waals surface area contributed by atoms with Gasteiger partial charge in [0.25, 0.3) is 0 Å². The third-order valence-electron chi connectivity index (χ3n) is 2.42. The summed E-state index contributed by atoms with van der Waals surface area (Å²) in [6, 6.07) is 6.67. The Hall–Kier alpha value is -0.950. The summed E-state index contributed by atoms with van der Waals surface area (Å²) in [5.74, 6) is 0. The van der Waals surface area contributed by atoms with Crippen LogP contribution in [-0.2, 0) is 21.1 Å². The van der Waals surface area contributed by atoms with E-state index in [4.69, 9.17) is 4.74 Å². The molecule has 0 aliphatic carbocycles. The molecule has 1 aromatic carbocycles. The van der Waals surface area contributed by atoms with E-state index in [1.807, 2.05) is 0 Å². The largest absolute Gasteiger partial charge is 0.389 e. The van der Waals surface area contributed by atoms with E-state index in [-0.39, 0.29) is 0 Å². The lowest BCUT2D eigenvalue weighted by Crippen LogP contribution is -2.29. The number of hydrogen-bond donors (Lipinski definition) is 2. The number of aliphatic hydroxyl groups is 1. The Bertz CT molecular complexity index is 455. The second-order valence-corrected chi connectivity index (χ2v) is 6.17. The number of hydrogen-bond acceptors (Lipinski definition) is 5. The first kappa shape index (κ1) is 15.1. The average Bonchev–Trinajstić information content (AvgIpc) is 2.29. The molecule has 18 heavy (non-hydrogen) atoms. The lowest BCUT2D eigenvalue weighted by molar-refractivity contribution is 0.0644. The van der Waals surface area contributed by atoms with Crippen molar-refractivity contribution < 1.29 is 18.3 Å². The zero-order valence-corrected chi connectivity index (χ0v) is 11.4. The van der Waals surface area contributed by atoms with Crippen LogP contribution in [0.2, 0.25) is 0 Å². The van der Waals surface area contributed by atoms with Gasteiger partial charge in [-0.2, -0.15) is 0 Å². The van der Waals surface area contributed by atoms with Crippen molar-refractivity contribution >= 4 is 9.84 Å². The van der Waals surface area contributed by atoms with E-state index in [2.05, 4.69) is 5.32 Å². The molecule has 1 rings (SSSR count). The van der Waals surface area contributed by atoms with E-state index in [9.17, 15) is 13.5 Å². The summed E-state index contributed by atoms with van der Waals surface area (Å²) >= 11 is 0. The first-order valence-electron chi connectivity index (χ1n) is 5.60. The molecule has 0 spiro atoms. The lowest BCUT2D eigenvalue weighted by Gasteiger charge is -2.10. The van der Waals surface area contributed by atoms with Crippen molar-refractivity contribution in [1.29, 1.82) is 0 Å². The van der Waals surface area contributed by atoms with Gasteiger partial charge in [0.2, 0.25) is 0 Å². The van der Waals surface area contributed by atoms with E-state index in [1.165, 1.54) is 13.4 Å². The molecule has 0 bridgehead atoms. The predicted octanol–water partition coefficient (Wildman–Crippen LogP) is 0.187. The van der Waals surface area contributed by atoms with Crippen molar-refractivity contribution in [3.63, 3.8) is 0 Å². The number of rotatable bonds is 7. The van der Waals surface area contributed by atoms with E-state index < -0.39 is 15.9 Å². The number of nitrogens with one attached hydrogen (secondary N) is 1. The summed E-state index contributed by atoms with van der Waals surface area (Å²) in [4.78, 5) is 0.311. The van der Waals surface area contributed by atoms with Crippen molar-refractivity contribution in [2.45, 2.75) is 17.5 Å². The minimum absolute atomic E-state index is 0.292. The third kappa shape index (κ3) is 5.14. The molecule has 0 fully saturated rings. The number of methoxy groups -OCH3 is 1. The van der Waals surface area contributed by atoms with Crippen LogP contribution in [0, 0.1) is 0 Å². The lowest BCUT2D eigenvalue weighted by atomic mass is 10.2. The van der Waals surface area contributed by atoms with Crippen LogP contribution in [0.25, 0.3) is 0 Å². The molecule has 1 unspecified atom stereocenters. The highest BCUT2D eigenvalue weighted by Gasteiger charge is 2.06. The van der Waals surface area contributed by atoms with Crippen LogP contribution in [0.3, 0.4) is 0 Å². The van der Waals surface area contributed by atoms with E-state index in [0.717, 1.165) is 5.56 Å². The molecule has 2 N–H and O–H groups in total. The monoisotopic (exact) mass is 273 g/mol. The van der Waals surface area contributed by atoms with Crippen molar-refractivity contribution in [3.8, 4) is 0 Å². The van der Waals surface area contributed by atoms with Gasteiger partial charge in [0.15, 0.2) is 9.84 Å². The van der Waals surface area contributed by atoms with Crippen LogP contribution < -0.4 is 5.32 Å². The number of sulfone groups is 1. The van der Waals surface area contributed by atoms with Gasteiger partial charge < -0.3 is 15.2 Å². The molecule has 0 aliphatic heterocycles. The molecule has 1 aromatic rings. The Kier molecular flexibility index (Phi) is 5.74. The van der Waals surface area contributed by atoms with Gasteiger partial charge in [-0.15, -0.1) is 0 Å². The van der Waals surface area contributed by atoms with Crippen LogP contribution in [0.4, 0.5) is 0 Å². The van der Waals surface area contributed by atoms with Gasteiger partial charge in [0.1, 0.15) is 0 Å². The van der Waals surface area contributed by atoms with Gasteiger partial charge in [-0.05, 0) is 17.7 Å². The minimum Gasteiger partial charge on any atom is -0.389 e. The van der Waals surface area contributed by atoms with Gasteiger partial charge in [-0.1, -0.05) is 12.1 Å². The molecule has 5 nitrogen and oxygen atoms in total. The maximum atomic E-state index is 11.3. The second kappa shape index (κ2) is 6.84. The number of benzene rings is 1. The fourth-order valence-corrected chi connectivity index (χ4v) is 2.12. The molecule has 0 radical (unpaired) electrons. The van der Waals surface area contributed by atoms with Crippen LogP contribution in [-0.4, -0.2) is 46.1 Å². The molecular formula is C12H19NO4S. The number of ether oxygens (including phenoxy) is 1. The fraction of sp³-hybridized carbons (Fsp3) is 0.500. The third-order valence-corrected chi connectivity index (χ3v) is 3.55. The zero-order valence-electron chi connectivity index (χ0n) is 10.6. The quantitative estimate of drug-likeness (QED) is 0.741. The molecular weight excluding hydrogens is 254 g/mol. The van der Waals surface area contributed by atoms with Gasteiger partial charge in [0.05, 0.1) is 17.6 Å². The van der Waals surface area contributed by atoms with Crippen molar-refractivity contribution in [1.82, 2.24) is 5.32 Å². The highest BCUT2D eigenvalue weighted by atomic mass is 32.2. The summed E-state index contributed by atoms with van der Waals surface area (Å²) in [5.41, 5.74) is 0.965. The highest BCUT2D eigenvalue weighted by Crippen LogP contribution is 2.10. The van der Waals surface area contributed by atoms with Gasteiger partial charge in [0, 0.05) is 26.5 Å². The first-order valence-corrected chi connectivity index (χ1v) is 7.49. The minimum atomic E-state index is -3.14. The van der Waals surface area contributed by atoms with E-state index >= 15 is 0 Å². The van der Waals surface area contributed by atoms with Crippen LogP contribution in [0.5, 0.6) is 0 Å². The zero-order chi connectivity index (χ0) is 13.6. The first-order chi connectivity index (χ1) is 8.43. The summed E-state index contributed by atoms with van der Waals surface area (Å²) < 4.78 is 27.3. The van der Waals surface area contributed by atoms with Crippen LogP contribution >= 0.6 is 0 Å². The van der Waals surface area contributed by atoms with E-state index in [0.29, 0.717) is 24.6 Å². The summed E-state index contributed by atoms with van der Waals surface area (Å²) in [5, 5.41) is 12.5. The van der Waals surface area contributed by atoms with Crippen molar-refractivity contribution in [2.24, 2.45) is 0 Å². The van der Waals surface area contributed by atoms with E-state index in [1.54, 1.807) is 24.3 Å². The standard InChI is InChI=1S/C12H19NO4S/c1-17-9-11(14)8-13-7-10-3-5-12(6-4-10)18(2,15)16/h3-6,11,13-14H,7-9H2,1-2H3. The molecule has 1 atom stereocenters. The Morgan fingerprint density at radius 3 is 2.44 bits per heavy atom. The topological polar surface area (TPSA) is 75.6 Å². The maximum absolute atomic E-state index is 11.3. The molecule has 0 aliphatic rings. The van der Waals surface area contributed by atoms with Crippen LogP contribution in [0.15, 0.2) is 29.2 Å². The molecule has 102 valence electrons. The Morgan fingerprint density at radius 1 is 1.33 bits per heavy atom. The molecule has 0 amide bonds. The average molecular weight is 273 g/mol. The molecule has 6 heteroatoms. The summed E-state index contributed by atoms with van der Waals surface area (Å²) in [7, 11) is -1.60. The fourth-order valence-electron chi connectivity index (χ4n) is 1.49. The molecule has 0 heterocycles.